The Hall–Kier alpha value is -1.62. The van der Waals surface area contributed by atoms with Crippen molar-refractivity contribution in [2.45, 2.75) is 25.8 Å². The molecular formula is C14H19N3O2. The lowest BCUT2D eigenvalue weighted by Gasteiger charge is -2.36. The van der Waals surface area contributed by atoms with E-state index < -0.39 is 5.97 Å². The first-order chi connectivity index (χ1) is 9.16. The Kier molecular flexibility index (Phi) is 3.14. The highest BCUT2D eigenvalue weighted by molar-refractivity contribution is 5.95. The maximum atomic E-state index is 11.4. The fourth-order valence-corrected chi connectivity index (χ4v) is 2.79. The van der Waals surface area contributed by atoms with E-state index in [-0.39, 0.29) is 0 Å². The Balaban J connectivity index is 1.79. The number of carboxylic acids is 1. The van der Waals surface area contributed by atoms with Crippen molar-refractivity contribution in [1.82, 2.24) is 9.88 Å². The van der Waals surface area contributed by atoms with Crippen LogP contribution in [-0.2, 0) is 0 Å². The van der Waals surface area contributed by atoms with E-state index in [1.807, 2.05) is 6.92 Å². The maximum absolute atomic E-state index is 11.4. The van der Waals surface area contributed by atoms with Gasteiger partial charge >= 0.3 is 5.97 Å². The summed E-state index contributed by atoms with van der Waals surface area (Å²) in [5, 5.41) is 9.35. The molecule has 0 spiro atoms. The largest absolute Gasteiger partial charge is 0.478 e. The second-order valence-electron chi connectivity index (χ2n) is 5.39. The predicted molar refractivity (Wildman–Crippen MR) is 72.7 cm³/mol. The van der Waals surface area contributed by atoms with E-state index in [2.05, 4.69) is 14.8 Å². The van der Waals surface area contributed by atoms with Gasteiger partial charge in [0.25, 0.3) is 0 Å². The van der Waals surface area contributed by atoms with Crippen molar-refractivity contribution in [3.63, 3.8) is 0 Å². The van der Waals surface area contributed by atoms with E-state index in [0.29, 0.717) is 11.4 Å². The molecule has 1 N–H and O–H groups in total. The van der Waals surface area contributed by atoms with Gasteiger partial charge in [-0.2, -0.15) is 0 Å². The number of rotatable bonds is 3. The van der Waals surface area contributed by atoms with Crippen molar-refractivity contribution in [2.24, 2.45) is 0 Å². The van der Waals surface area contributed by atoms with E-state index in [1.165, 1.54) is 12.8 Å². The molecule has 0 radical (unpaired) electrons. The van der Waals surface area contributed by atoms with Gasteiger partial charge in [0, 0.05) is 38.4 Å². The monoisotopic (exact) mass is 261 g/mol. The third-order valence-electron chi connectivity index (χ3n) is 4.03. The van der Waals surface area contributed by atoms with Gasteiger partial charge in [-0.3, -0.25) is 4.90 Å². The molecule has 3 rings (SSSR count). The molecule has 102 valence electrons. The lowest BCUT2D eigenvalue weighted by Crippen LogP contribution is -2.48. The molecule has 0 bridgehead atoms. The van der Waals surface area contributed by atoms with Crippen molar-refractivity contribution < 1.29 is 9.90 Å². The number of carboxylic acid groups (broad SMARTS) is 1. The minimum Gasteiger partial charge on any atom is -0.478 e. The summed E-state index contributed by atoms with van der Waals surface area (Å²) in [7, 11) is 0. The van der Waals surface area contributed by atoms with E-state index in [1.54, 1.807) is 12.3 Å². The summed E-state index contributed by atoms with van der Waals surface area (Å²) in [6, 6.07) is 2.54. The lowest BCUT2D eigenvalue weighted by molar-refractivity contribution is 0.0696. The number of hydrogen-bond donors (Lipinski definition) is 1. The fourth-order valence-electron chi connectivity index (χ4n) is 2.79. The average molecular weight is 261 g/mol. The van der Waals surface area contributed by atoms with Crippen LogP contribution in [0, 0.1) is 6.92 Å². The van der Waals surface area contributed by atoms with Gasteiger partial charge in [-0.25, -0.2) is 9.78 Å². The fraction of sp³-hybridized carbons (Fsp3) is 0.571. The highest BCUT2D eigenvalue weighted by Crippen LogP contribution is 2.29. The number of aryl methyl sites for hydroxylation is 1. The number of hydrogen-bond acceptors (Lipinski definition) is 4. The minimum atomic E-state index is -0.884. The van der Waals surface area contributed by atoms with Crippen LogP contribution in [0.3, 0.4) is 0 Å². The van der Waals surface area contributed by atoms with Crippen LogP contribution >= 0.6 is 0 Å². The first-order valence-corrected chi connectivity index (χ1v) is 6.84. The quantitative estimate of drug-likeness (QED) is 0.890. The first kappa shape index (κ1) is 12.4. The zero-order valence-electron chi connectivity index (χ0n) is 11.2. The van der Waals surface area contributed by atoms with Crippen molar-refractivity contribution in [3.8, 4) is 0 Å². The zero-order valence-corrected chi connectivity index (χ0v) is 11.2. The summed E-state index contributed by atoms with van der Waals surface area (Å²) in [6.07, 6.45) is 4.34. The number of nitrogens with zero attached hydrogens (tertiary/aromatic N) is 3. The van der Waals surface area contributed by atoms with Gasteiger partial charge in [-0.05, 0) is 31.4 Å². The molecule has 0 unspecified atom stereocenters. The molecule has 1 aliphatic heterocycles. The first-order valence-electron chi connectivity index (χ1n) is 6.84. The van der Waals surface area contributed by atoms with Gasteiger partial charge in [0.1, 0.15) is 11.4 Å². The topological polar surface area (TPSA) is 56.7 Å². The number of pyridine rings is 1. The van der Waals surface area contributed by atoms with Gasteiger partial charge in [0.05, 0.1) is 0 Å². The van der Waals surface area contributed by atoms with Crippen molar-refractivity contribution in [2.75, 3.05) is 31.1 Å². The average Bonchev–Trinajstić information content (AvgIpc) is 3.22. The van der Waals surface area contributed by atoms with Crippen LogP contribution in [0.25, 0.3) is 0 Å². The van der Waals surface area contributed by atoms with Crippen molar-refractivity contribution in [3.05, 3.63) is 23.4 Å². The summed E-state index contributed by atoms with van der Waals surface area (Å²) in [5.74, 6) is -0.256. The Morgan fingerprint density at radius 3 is 2.58 bits per heavy atom. The molecule has 2 heterocycles. The van der Waals surface area contributed by atoms with Crippen LogP contribution in [0.15, 0.2) is 12.3 Å². The summed E-state index contributed by atoms with van der Waals surface area (Å²) >= 11 is 0. The Morgan fingerprint density at radius 2 is 2.00 bits per heavy atom. The summed E-state index contributed by atoms with van der Waals surface area (Å²) < 4.78 is 0. The zero-order chi connectivity index (χ0) is 13.4. The van der Waals surface area contributed by atoms with Gasteiger partial charge in [-0.15, -0.1) is 0 Å². The van der Waals surface area contributed by atoms with Gasteiger partial charge in [0.2, 0.25) is 0 Å². The number of anilines is 1. The molecule has 0 atom stereocenters. The Morgan fingerprint density at radius 1 is 1.32 bits per heavy atom. The predicted octanol–water partition coefficient (Wildman–Crippen LogP) is 1.37. The molecule has 19 heavy (non-hydrogen) atoms. The van der Waals surface area contributed by atoms with E-state index >= 15 is 0 Å². The molecule has 1 saturated carbocycles. The van der Waals surface area contributed by atoms with Crippen molar-refractivity contribution >= 4 is 11.8 Å². The summed E-state index contributed by atoms with van der Waals surface area (Å²) in [5.41, 5.74) is 1.13. The third-order valence-corrected chi connectivity index (χ3v) is 4.03. The number of aromatic nitrogens is 1. The molecule has 1 saturated heterocycles. The summed E-state index contributed by atoms with van der Waals surface area (Å²) in [4.78, 5) is 20.3. The Labute approximate surface area is 112 Å². The van der Waals surface area contributed by atoms with E-state index in [9.17, 15) is 9.90 Å². The molecule has 5 nitrogen and oxygen atoms in total. The normalized spacial score (nSPS) is 20.6. The molecule has 0 amide bonds. The third kappa shape index (κ3) is 2.42. The SMILES string of the molecule is Cc1ccnc(N2CCN(C3CC3)CC2)c1C(=O)O. The van der Waals surface area contributed by atoms with Gasteiger partial charge < -0.3 is 10.0 Å². The molecule has 1 aliphatic carbocycles. The van der Waals surface area contributed by atoms with Crippen LogP contribution in [0.1, 0.15) is 28.8 Å². The van der Waals surface area contributed by atoms with Crippen LogP contribution in [0.5, 0.6) is 0 Å². The molecule has 1 aromatic rings. The van der Waals surface area contributed by atoms with Crippen LogP contribution in [0.4, 0.5) is 5.82 Å². The summed E-state index contributed by atoms with van der Waals surface area (Å²) in [6.45, 7) is 5.59. The second kappa shape index (κ2) is 4.81. The number of carbonyl (C=O) groups is 1. The van der Waals surface area contributed by atoms with Gasteiger partial charge in [-0.1, -0.05) is 0 Å². The van der Waals surface area contributed by atoms with Crippen LogP contribution in [0.2, 0.25) is 0 Å². The number of aromatic carboxylic acids is 1. The van der Waals surface area contributed by atoms with E-state index in [0.717, 1.165) is 37.8 Å². The lowest BCUT2D eigenvalue weighted by atomic mass is 10.1. The van der Waals surface area contributed by atoms with Gasteiger partial charge in [0.15, 0.2) is 0 Å². The van der Waals surface area contributed by atoms with Crippen molar-refractivity contribution in [1.29, 1.82) is 0 Å². The minimum absolute atomic E-state index is 0.349. The van der Waals surface area contributed by atoms with Crippen LogP contribution < -0.4 is 4.90 Å². The molecule has 1 aromatic heterocycles. The highest BCUT2D eigenvalue weighted by Gasteiger charge is 2.32. The molecule has 5 heteroatoms. The van der Waals surface area contributed by atoms with Crippen LogP contribution in [-0.4, -0.2) is 53.2 Å². The highest BCUT2D eigenvalue weighted by atomic mass is 16.4. The Bertz CT molecular complexity index is 491. The maximum Gasteiger partial charge on any atom is 0.339 e. The molecule has 0 aromatic carbocycles. The van der Waals surface area contributed by atoms with E-state index in [4.69, 9.17) is 0 Å². The standard InChI is InChI=1S/C14H19N3O2/c1-10-4-5-15-13(12(10)14(18)19)17-8-6-16(7-9-17)11-2-3-11/h4-5,11H,2-3,6-9H2,1H3,(H,18,19). The molecular weight excluding hydrogens is 242 g/mol. The molecule has 2 aliphatic rings. The number of piperazine rings is 1. The second-order valence-corrected chi connectivity index (χ2v) is 5.39. The smallest absolute Gasteiger partial charge is 0.339 e. The molecule has 2 fully saturated rings.